The smallest absolute Gasteiger partial charge is 0.201 e. The number of benzene rings is 1. The van der Waals surface area contributed by atoms with Gasteiger partial charge in [0.15, 0.2) is 0 Å². The Kier molecular flexibility index (Phi) is 3.22. The third-order valence-corrected chi connectivity index (χ3v) is 3.72. The number of aromatic amines is 1. The van der Waals surface area contributed by atoms with E-state index in [1.165, 1.54) is 18.5 Å². The molecule has 0 unspecified atom stereocenters. The predicted octanol–water partition coefficient (Wildman–Crippen LogP) is 4.03. The van der Waals surface area contributed by atoms with Gasteiger partial charge in [-0.15, -0.1) is 0 Å². The molecule has 0 aliphatic heterocycles. The molecule has 0 atom stereocenters. The van der Waals surface area contributed by atoms with Crippen molar-refractivity contribution in [1.29, 1.82) is 0 Å². The summed E-state index contributed by atoms with van der Waals surface area (Å²) in [6.45, 7) is 1.72. The van der Waals surface area contributed by atoms with Gasteiger partial charge < -0.3 is 4.98 Å². The van der Waals surface area contributed by atoms with Crippen LogP contribution in [0.1, 0.15) is 21.5 Å². The maximum absolute atomic E-state index is 13.8. The average molecular weight is 307 g/mol. The number of fused-ring (bicyclic) bond motifs is 1. The Balaban J connectivity index is 2.26. The van der Waals surface area contributed by atoms with Crippen LogP contribution in [0.15, 0.2) is 30.6 Å². The zero-order valence-corrected chi connectivity index (χ0v) is 11.6. The molecular weight excluding hydrogens is 298 g/mol. The van der Waals surface area contributed by atoms with Crippen molar-refractivity contribution < 1.29 is 13.6 Å². The number of hydrogen-bond acceptors (Lipinski definition) is 2. The van der Waals surface area contributed by atoms with E-state index in [1.807, 2.05) is 0 Å². The molecule has 0 spiro atoms. The van der Waals surface area contributed by atoms with Gasteiger partial charge in [-0.1, -0.05) is 17.7 Å². The fraction of sp³-hybridized carbons (Fsp3) is 0.0667. The number of rotatable bonds is 2. The SMILES string of the molecule is Cc1c(Cl)cnc2[nH]cc(C(=O)c3c(F)cccc3F)c12. The van der Waals surface area contributed by atoms with Crippen molar-refractivity contribution in [3.05, 3.63) is 63.9 Å². The van der Waals surface area contributed by atoms with Crippen LogP contribution < -0.4 is 0 Å². The largest absolute Gasteiger partial charge is 0.345 e. The molecule has 0 aliphatic carbocycles. The van der Waals surface area contributed by atoms with Gasteiger partial charge in [0.05, 0.1) is 16.1 Å². The van der Waals surface area contributed by atoms with Crippen molar-refractivity contribution in [2.45, 2.75) is 6.92 Å². The molecule has 1 N–H and O–H groups in total. The van der Waals surface area contributed by atoms with Gasteiger partial charge in [0.25, 0.3) is 0 Å². The minimum atomic E-state index is -0.901. The molecule has 3 rings (SSSR count). The Labute approximate surface area is 123 Å². The summed E-state index contributed by atoms with van der Waals surface area (Å²) in [6.07, 6.45) is 2.84. The molecule has 3 aromatic rings. The van der Waals surface area contributed by atoms with Crippen molar-refractivity contribution in [3.8, 4) is 0 Å². The molecule has 0 saturated carbocycles. The number of halogens is 3. The maximum atomic E-state index is 13.8. The monoisotopic (exact) mass is 306 g/mol. The van der Waals surface area contributed by atoms with Crippen molar-refractivity contribution in [2.75, 3.05) is 0 Å². The third kappa shape index (κ3) is 2.10. The second-order valence-corrected chi connectivity index (χ2v) is 4.99. The van der Waals surface area contributed by atoms with E-state index < -0.39 is 23.0 Å². The molecule has 0 saturated heterocycles. The molecule has 21 heavy (non-hydrogen) atoms. The van der Waals surface area contributed by atoms with Crippen LogP contribution in [-0.4, -0.2) is 15.8 Å². The fourth-order valence-electron chi connectivity index (χ4n) is 2.26. The van der Waals surface area contributed by atoms with E-state index in [9.17, 15) is 13.6 Å². The summed E-state index contributed by atoms with van der Waals surface area (Å²) in [7, 11) is 0. The van der Waals surface area contributed by atoms with Gasteiger partial charge >= 0.3 is 0 Å². The minimum Gasteiger partial charge on any atom is -0.345 e. The number of ketones is 1. The number of aryl methyl sites for hydroxylation is 1. The van der Waals surface area contributed by atoms with Gasteiger partial charge in [-0.2, -0.15) is 0 Å². The quantitative estimate of drug-likeness (QED) is 0.726. The van der Waals surface area contributed by atoms with Gasteiger partial charge in [-0.25, -0.2) is 13.8 Å². The number of aromatic nitrogens is 2. The van der Waals surface area contributed by atoms with Crippen LogP contribution in [0.25, 0.3) is 11.0 Å². The van der Waals surface area contributed by atoms with Crippen molar-refractivity contribution in [3.63, 3.8) is 0 Å². The summed E-state index contributed by atoms with van der Waals surface area (Å²) in [4.78, 5) is 19.3. The molecule has 3 nitrogen and oxygen atoms in total. The second kappa shape index (κ2) is 4.93. The summed E-state index contributed by atoms with van der Waals surface area (Å²) in [5, 5.41) is 0.848. The minimum absolute atomic E-state index is 0.140. The van der Waals surface area contributed by atoms with Gasteiger partial charge in [0.1, 0.15) is 17.3 Å². The van der Waals surface area contributed by atoms with E-state index in [0.717, 1.165) is 12.1 Å². The first-order valence-electron chi connectivity index (χ1n) is 6.11. The zero-order valence-electron chi connectivity index (χ0n) is 10.9. The number of nitrogens with zero attached hydrogens (tertiary/aromatic N) is 1. The average Bonchev–Trinajstić information content (AvgIpc) is 2.87. The highest BCUT2D eigenvalue weighted by molar-refractivity contribution is 6.32. The lowest BCUT2D eigenvalue weighted by Crippen LogP contribution is -2.07. The summed E-state index contributed by atoms with van der Waals surface area (Å²) in [6, 6.07) is 3.30. The van der Waals surface area contributed by atoms with Crippen LogP contribution in [0.4, 0.5) is 8.78 Å². The normalized spacial score (nSPS) is 11.0. The molecular formula is C15H9ClF2N2O. The van der Waals surface area contributed by atoms with Crippen LogP contribution in [0, 0.1) is 18.6 Å². The Hall–Kier alpha value is -2.27. The van der Waals surface area contributed by atoms with Gasteiger partial charge in [0, 0.05) is 17.8 Å². The number of hydrogen-bond donors (Lipinski definition) is 1. The highest BCUT2D eigenvalue weighted by atomic mass is 35.5. The van der Waals surface area contributed by atoms with E-state index in [1.54, 1.807) is 6.92 Å². The first-order valence-corrected chi connectivity index (χ1v) is 6.49. The highest BCUT2D eigenvalue weighted by Crippen LogP contribution is 2.28. The van der Waals surface area contributed by atoms with Gasteiger partial charge in [-0.05, 0) is 24.6 Å². The number of H-pyrrole nitrogens is 1. The van der Waals surface area contributed by atoms with Crippen LogP contribution in [0.3, 0.4) is 0 Å². The Bertz CT molecular complexity index is 853. The predicted molar refractivity (Wildman–Crippen MR) is 75.6 cm³/mol. The summed E-state index contributed by atoms with van der Waals surface area (Å²) < 4.78 is 27.5. The number of carbonyl (C=O) groups is 1. The number of nitrogens with one attached hydrogen (secondary N) is 1. The molecule has 0 aliphatic rings. The molecule has 2 heterocycles. The Morgan fingerprint density at radius 2 is 1.95 bits per heavy atom. The molecule has 0 fully saturated rings. The van der Waals surface area contributed by atoms with E-state index >= 15 is 0 Å². The number of pyridine rings is 1. The molecule has 6 heteroatoms. The standard InChI is InChI=1S/C15H9ClF2N2O/c1-7-9(16)6-20-15-12(7)8(5-19-15)14(21)13-10(17)3-2-4-11(13)18/h2-6H,1H3,(H,19,20). The first kappa shape index (κ1) is 13.7. The summed E-state index contributed by atoms with van der Waals surface area (Å²) in [5.74, 6) is -2.55. The van der Waals surface area contributed by atoms with Crippen LogP contribution in [0.2, 0.25) is 5.02 Å². The zero-order chi connectivity index (χ0) is 15.1. The van der Waals surface area contributed by atoms with E-state index in [0.29, 0.717) is 21.6 Å². The molecule has 0 amide bonds. The van der Waals surface area contributed by atoms with Crippen LogP contribution in [-0.2, 0) is 0 Å². The van der Waals surface area contributed by atoms with Gasteiger partial charge in [-0.3, -0.25) is 4.79 Å². The number of carbonyl (C=O) groups excluding carboxylic acids is 1. The molecule has 106 valence electrons. The lowest BCUT2D eigenvalue weighted by atomic mass is 10.0. The molecule has 0 bridgehead atoms. The second-order valence-electron chi connectivity index (χ2n) is 4.58. The Morgan fingerprint density at radius 3 is 2.62 bits per heavy atom. The summed E-state index contributed by atoms with van der Waals surface area (Å²) >= 11 is 5.99. The lowest BCUT2D eigenvalue weighted by molar-refractivity contribution is 0.103. The van der Waals surface area contributed by atoms with Crippen LogP contribution >= 0.6 is 11.6 Å². The van der Waals surface area contributed by atoms with E-state index in [4.69, 9.17) is 11.6 Å². The Morgan fingerprint density at radius 1 is 1.29 bits per heavy atom. The van der Waals surface area contributed by atoms with Crippen molar-refractivity contribution in [1.82, 2.24) is 9.97 Å². The molecule has 1 aromatic carbocycles. The summed E-state index contributed by atoms with van der Waals surface area (Å²) in [5.41, 5.74) is 0.624. The van der Waals surface area contributed by atoms with E-state index in [-0.39, 0.29) is 5.56 Å². The fourth-order valence-corrected chi connectivity index (χ4v) is 2.40. The van der Waals surface area contributed by atoms with Crippen molar-refractivity contribution in [2.24, 2.45) is 0 Å². The van der Waals surface area contributed by atoms with Gasteiger partial charge in [0.2, 0.25) is 5.78 Å². The van der Waals surface area contributed by atoms with Crippen LogP contribution in [0.5, 0.6) is 0 Å². The lowest BCUT2D eigenvalue weighted by Gasteiger charge is -2.05. The third-order valence-electron chi connectivity index (χ3n) is 3.33. The maximum Gasteiger partial charge on any atom is 0.201 e. The molecule has 2 aromatic heterocycles. The topological polar surface area (TPSA) is 45.8 Å². The van der Waals surface area contributed by atoms with Crippen molar-refractivity contribution >= 4 is 28.4 Å². The van der Waals surface area contributed by atoms with E-state index in [2.05, 4.69) is 9.97 Å². The highest BCUT2D eigenvalue weighted by Gasteiger charge is 2.23. The molecule has 0 radical (unpaired) electrons. The first-order chi connectivity index (χ1) is 10.0.